The first-order chi connectivity index (χ1) is 22.6. The molecule has 0 saturated carbocycles. The number of aliphatic hydroxyl groups is 1. The normalized spacial score (nSPS) is 18.0. The van der Waals surface area contributed by atoms with Gasteiger partial charge in [-0.3, -0.25) is 14.2 Å². The van der Waals surface area contributed by atoms with Crippen molar-refractivity contribution in [2.45, 2.75) is 46.1 Å². The molecule has 2 N–H and O–H groups in total. The predicted octanol–water partition coefficient (Wildman–Crippen LogP) is 4.22. The van der Waals surface area contributed by atoms with Crippen LogP contribution in [0.2, 0.25) is 0 Å². The number of aromatic nitrogens is 5. The van der Waals surface area contributed by atoms with Gasteiger partial charge >= 0.3 is 0 Å². The summed E-state index contributed by atoms with van der Waals surface area (Å²) in [4.78, 5) is 38.5. The first-order valence-corrected chi connectivity index (χ1v) is 16.2. The third-order valence-electron chi connectivity index (χ3n) is 10.3. The number of aryl methyl sites for hydroxylation is 1. The monoisotopic (exact) mass is 633 g/mol. The molecule has 0 unspecified atom stereocenters. The molecule has 8 rings (SSSR count). The number of rotatable bonds is 6. The van der Waals surface area contributed by atoms with E-state index in [4.69, 9.17) is 4.74 Å². The second kappa shape index (κ2) is 10.9. The number of pyridine rings is 3. The van der Waals surface area contributed by atoms with Crippen LogP contribution in [0, 0.1) is 10.8 Å². The lowest BCUT2D eigenvalue weighted by molar-refractivity contribution is -0.124. The van der Waals surface area contributed by atoms with Crippen molar-refractivity contribution >= 4 is 22.7 Å². The molecule has 47 heavy (non-hydrogen) atoms. The number of piperidine rings is 1. The summed E-state index contributed by atoms with van der Waals surface area (Å²) in [6.45, 7) is 7.85. The van der Waals surface area contributed by atoms with E-state index in [0.29, 0.717) is 44.9 Å². The van der Waals surface area contributed by atoms with Gasteiger partial charge in [0.2, 0.25) is 0 Å². The molecule has 0 radical (unpaired) electrons. The Hall–Kier alpha value is -4.74. The highest BCUT2D eigenvalue weighted by atomic mass is 16.5. The van der Waals surface area contributed by atoms with E-state index >= 15 is 0 Å². The van der Waals surface area contributed by atoms with Gasteiger partial charge in [0.25, 0.3) is 11.1 Å². The van der Waals surface area contributed by atoms with E-state index in [1.807, 2.05) is 35.0 Å². The Morgan fingerprint density at radius 3 is 2.51 bits per heavy atom. The molecular weight excluding hydrogens is 594 g/mol. The molecule has 0 aromatic carbocycles. The van der Waals surface area contributed by atoms with Crippen LogP contribution in [-0.2, 0) is 31.2 Å². The van der Waals surface area contributed by atoms with Crippen LogP contribution >= 0.6 is 0 Å². The van der Waals surface area contributed by atoms with Gasteiger partial charge in [-0.15, -0.1) is 0 Å². The van der Waals surface area contributed by atoms with Crippen LogP contribution < -0.4 is 21.3 Å². The lowest BCUT2D eigenvalue weighted by Gasteiger charge is -2.47. The fraction of sp³-hybridized carbons (Fsp3) is 0.389. The molecule has 0 amide bonds. The standard InChI is InChI=1S/C36H39N7O4/c1-35(2)16-23-15-29-34(46)43(13-12-42(29)30(23)17-35)32-27(20-44)26(6-9-37-32)24-14-28(33(45)40(3)19-24)39-31-5-4-25(18-38-31)41-10-7-36(8-11-41)21-47-22-36/h4-6,9,12-15,18-19,44H,7-8,10-11,16-17,20-22H2,1-3H3,(H,38,39). The van der Waals surface area contributed by atoms with Crippen LogP contribution in [0.25, 0.3) is 22.5 Å². The molecule has 5 aromatic heterocycles. The molecule has 2 fully saturated rings. The Morgan fingerprint density at radius 2 is 1.81 bits per heavy atom. The number of aliphatic hydroxyl groups excluding tert-OH is 1. The zero-order chi connectivity index (χ0) is 32.5. The van der Waals surface area contributed by atoms with Gasteiger partial charge in [0.1, 0.15) is 22.8 Å². The lowest BCUT2D eigenvalue weighted by atomic mass is 9.77. The highest BCUT2D eigenvalue weighted by Crippen LogP contribution is 2.40. The van der Waals surface area contributed by atoms with Crippen molar-refractivity contribution in [3.05, 3.63) is 98.8 Å². The van der Waals surface area contributed by atoms with Gasteiger partial charge < -0.3 is 29.0 Å². The van der Waals surface area contributed by atoms with E-state index in [1.165, 1.54) is 20.4 Å². The van der Waals surface area contributed by atoms with E-state index in [0.717, 1.165) is 57.7 Å². The van der Waals surface area contributed by atoms with Gasteiger partial charge in [-0.05, 0) is 72.6 Å². The molecule has 1 spiro atoms. The Bertz CT molecular complexity index is 2130. The summed E-state index contributed by atoms with van der Waals surface area (Å²) in [6, 6.07) is 9.47. The van der Waals surface area contributed by atoms with E-state index in [1.54, 1.807) is 37.8 Å². The highest BCUT2D eigenvalue weighted by Gasteiger charge is 2.41. The first kappa shape index (κ1) is 29.6. The van der Waals surface area contributed by atoms with Crippen molar-refractivity contribution in [1.29, 1.82) is 0 Å². The molecule has 11 heteroatoms. The minimum atomic E-state index is -0.346. The van der Waals surface area contributed by atoms with Crippen molar-refractivity contribution in [3.8, 4) is 16.9 Å². The average Bonchev–Trinajstić information content (AvgIpc) is 3.54. The van der Waals surface area contributed by atoms with Crippen molar-refractivity contribution in [2.75, 3.05) is 36.5 Å². The molecule has 242 valence electrons. The third-order valence-corrected chi connectivity index (χ3v) is 10.3. The third kappa shape index (κ3) is 5.05. The Balaban J connectivity index is 1.09. The quantitative estimate of drug-likeness (QED) is 0.285. The molecule has 11 nitrogen and oxygen atoms in total. The molecular formula is C36H39N7O4. The summed E-state index contributed by atoms with van der Waals surface area (Å²) in [5.41, 5.74) is 6.36. The van der Waals surface area contributed by atoms with Crippen molar-refractivity contribution in [2.24, 2.45) is 17.9 Å². The van der Waals surface area contributed by atoms with E-state index in [2.05, 4.69) is 34.0 Å². The summed E-state index contributed by atoms with van der Waals surface area (Å²) in [5, 5.41) is 13.8. The second-order valence-electron chi connectivity index (χ2n) is 14.2. The minimum Gasteiger partial charge on any atom is -0.392 e. The summed E-state index contributed by atoms with van der Waals surface area (Å²) in [5.74, 6) is 0.914. The molecule has 2 aliphatic heterocycles. The molecule has 0 bridgehead atoms. The summed E-state index contributed by atoms with van der Waals surface area (Å²) in [6.07, 6.45) is 12.9. The maximum atomic E-state index is 13.8. The maximum Gasteiger partial charge on any atom is 0.280 e. The Kier molecular flexibility index (Phi) is 6.89. The van der Waals surface area contributed by atoms with Gasteiger partial charge in [-0.25, -0.2) is 9.97 Å². The first-order valence-electron chi connectivity index (χ1n) is 16.2. The van der Waals surface area contributed by atoms with Crippen LogP contribution in [0.3, 0.4) is 0 Å². The summed E-state index contributed by atoms with van der Waals surface area (Å²) >= 11 is 0. The lowest BCUT2D eigenvalue weighted by Crippen LogP contribution is -2.50. The second-order valence-corrected chi connectivity index (χ2v) is 14.2. The van der Waals surface area contributed by atoms with Gasteiger partial charge in [-0.2, -0.15) is 0 Å². The number of nitrogens with zero attached hydrogens (tertiary/aromatic N) is 6. The van der Waals surface area contributed by atoms with Crippen LogP contribution in [0.15, 0.2) is 70.9 Å². The van der Waals surface area contributed by atoms with E-state index < -0.39 is 0 Å². The average molecular weight is 634 g/mol. The van der Waals surface area contributed by atoms with Crippen LogP contribution in [0.5, 0.6) is 0 Å². The number of fused-ring (bicyclic) bond motifs is 3. The van der Waals surface area contributed by atoms with Gasteiger partial charge in [0, 0.05) is 67.2 Å². The topological polar surface area (TPSA) is 119 Å². The van der Waals surface area contributed by atoms with E-state index in [-0.39, 0.29) is 23.1 Å². The maximum absolute atomic E-state index is 13.8. The molecule has 3 aliphatic rings. The van der Waals surface area contributed by atoms with Crippen molar-refractivity contribution in [1.82, 2.24) is 23.5 Å². The fourth-order valence-corrected chi connectivity index (χ4v) is 7.60. The van der Waals surface area contributed by atoms with Gasteiger partial charge in [-0.1, -0.05) is 13.8 Å². The number of ether oxygens (including phenoxy) is 1. The summed E-state index contributed by atoms with van der Waals surface area (Å²) < 4.78 is 10.5. The SMILES string of the molecule is Cn1cc(-c2ccnc(-n3ccn4c5c(cc4c3=O)CC(C)(C)C5)c2CO)cc(Nc2ccc(N3CCC4(CC3)COC4)cn2)c1=O. The molecule has 5 aromatic rings. The Morgan fingerprint density at radius 1 is 1.00 bits per heavy atom. The molecule has 1 aliphatic carbocycles. The summed E-state index contributed by atoms with van der Waals surface area (Å²) in [7, 11) is 1.69. The molecule has 0 atom stereocenters. The molecule has 7 heterocycles. The smallest absolute Gasteiger partial charge is 0.280 e. The molecule has 2 saturated heterocycles. The number of hydrogen-bond donors (Lipinski definition) is 2. The van der Waals surface area contributed by atoms with Gasteiger partial charge in [0.05, 0.1) is 31.7 Å². The number of nitrogens with one attached hydrogen (secondary N) is 1. The van der Waals surface area contributed by atoms with Crippen LogP contribution in [0.4, 0.5) is 17.2 Å². The zero-order valence-corrected chi connectivity index (χ0v) is 27.0. The Labute approximate surface area is 272 Å². The van der Waals surface area contributed by atoms with Gasteiger partial charge in [0.15, 0.2) is 0 Å². The van der Waals surface area contributed by atoms with Crippen LogP contribution in [0.1, 0.15) is 43.5 Å². The van der Waals surface area contributed by atoms with Crippen LogP contribution in [-0.4, -0.2) is 54.9 Å². The fourth-order valence-electron chi connectivity index (χ4n) is 7.60. The van der Waals surface area contributed by atoms with Crippen molar-refractivity contribution < 1.29 is 9.84 Å². The largest absolute Gasteiger partial charge is 0.392 e. The zero-order valence-electron chi connectivity index (χ0n) is 27.0. The minimum absolute atomic E-state index is 0.173. The van der Waals surface area contributed by atoms with E-state index in [9.17, 15) is 14.7 Å². The van der Waals surface area contributed by atoms with Crippen molar-refractivity contribution in [3.63, 3.8) is 0 Å². The highest BCUT2D eigenvalue weighted by molar-refractivity contribution is 5.73. The number of hydrogen-bond acceptors (Lipinski definition) is 8. The number of anilines is 3. The predicted molar refractivity (Wildman–Crippen MR) is 181 cm³/mol.